The molecule has 2 aliphatic rings. The van der Waals surface area contributed by atoms with Gasteiger partial charge >= 0.3 is 0 Å². The highest BCUT2D eigenvalue weighted by Crippen LogP contribution is 2.35. The number of nitriles is 1. The highest BCUT2D eigenvalue weighted by Gasteiger charge is 2.30. The van der Waals surface area contributed by atoms with Crippen molar-refractivity contribution in [1.29, 1.82) is 5.26 Å². The number of aldehydes is 1. The molecule has 2 fully saturated rings. The van der Waals surface area contributed by atoms with Gasteiger partial charge < -0.3 is 20.1 Å². The van der Waals surface area contributed by atoms with E-state index in [1.54, 1.807) is 12.4 Å². The molecule has 1 aliphatic carbocycles. The van der Waals surface area contributed by atoms with E-state index in [1.165, 1.54) is 29.7 Å². The van der Waals surface area contributed by atoms with E-state index in [2.05, 4.69) is 37.1 Å². The molecule has 0 spiro atoms. The lowest BCUT2D eigenvalue weighted by atomic mass is 9.87. The number of carbonyl (C=O) groups excluding carboxylic acids is 2. The summed E-state index contributed by atoms with van der Waals surface area (Å²) in [4.78, 5) is 31.1. The molecular weight excluding hydrogens is 514 g/mol. The minimum atomic E-state index is -0.519. The Kier molecular flexibility index (Phi) is 10.7. The highest BCUT2D eigenvalue weighted by molar-refractivity contribution is 6.33. The van der Waals surface area contributed by atoms with Crippen LogP contribution in [0, 0.1) is 11.5 Å². The van der Waals surface area contributed by atoms with Crippen LogP contribution < -0.4 is 10.2 Å². The number of benzene rings is 1. The fraction of sp³-hybridized carbons (Fsp3) is 0.533. The van der Waals surface area contributed by atoms with Crippen molar-refractivity contribution in [3.05, 3.63) is 58.9 Å². The third-order valence-electron chi connectivity index (χ3n) is 7.39. The summed E-state index contributed by atoms with van der Waals surface area (Å²) in [6, 6.07) is 9.30. The molecule has 1 aliphatic heterocycles. The fourth-order valence-corrected chi connectivity index (χ4v) is 5.41. The van der Waals surface area contributed by atoms with Gasteiger partial charge in [0.05, 0.1) is 29.4 Å². The molecule has 1 saturated heterocycles. The van der Waals surface area contributed by atoms with Crippen molar-refractivity contribution in [2.45, 2.75) is 88.9 Å². The summed E-state index contributed by atoms with van der Waals surface area (Å²) in [5, 5.41) is 21.3. The normalized spacial score (nSPS) is 20.3. The molecule has 3 atom stereocenters. The SMILES string of the molecule is CN(c1ccc(C(C)(C)C)cc1Cl)C(C(=O)NC1CCCCC1)c1cccnc1.N#CN1CC(O)CC1C=O. The van der Waals surface area contributed by atoms with Crippen LogP contribution in [0.25, 0.3) is 0 Å². The van der Waals surface area contributed by atoms with E-state index >= 15 is 0 Å². The largest absolute Gasteiger partial charge is 0.391 e. The van der Waals surface area contributed by atoms with E-state index in [9.17, 15) is 9.59 Å². The van der Waals surface area contributed by atoms with Gasteiger partial charge in [-0.25, -0.2) is 0 Å². The van der Waals surface area contributed by atoms with Crippen LogP contribution in [0.3, 0.4) is 0 Å². The maximum Gasteiger partial charge on any atom is 0.247 e. The van der Waals surface area contributed by atoms with E-state index in [-0.39, 0.29) is 17.4 Å². The van der Waals surface area contributed by atoms with Crippen LogP contribution >= 0.6 is 11.6 Å². The molecule has 2 N–H and O–H groups in total. The molecule has 1 aromatic carbocycles. The molecule has 0 bridgehead atoms. The van der Waals surface area contributed by atoms with Gasteiger partial charge in [0.15, 0.2) is 6.19 Å². The first-order valence-electron chi connectivity index (χ1n) is 13.6. The Morgan fingerprint density at radius 3 is 2.54 bits per heavy atom. The lowest BCUT2D eigenvalue weighted by molar-refractivity contribution is -0.123. The zero-order valence-corrected chi connectivity index (χ0v) is 24.1. The first kappa shape index (κ1) is 30.4. The van der Waals surface area contributed by atoms with Crippen molar-refractivity contribution in [2.75, 3.05) is 18.5 Å². The Hall–Kier alpha value is -3.15. The Balaban J connectivity index is 0.000000353. The summed E-state index contributed by atoms with van der Waals surface area (Å²) in [7, 11) is 1.93. The minimum absolute atomic E-state index is 0.00312. The molecule has 39 heavy (non-hydrogen) atoms. The number of anilines is 1. The number of carbonyl (C=O) groups is 2. The summed E-state index contributed by atoms with van der Waals surface area (Å²) >= 11 is 6.67. The second kappa shape index (κ2) is 13.8. The number of nitrogens with one attached hydrogen (secondary N) is 1. The van der Waals surface area contributed by atoms with Crippen LogP contribution in [0.15, 0.2) is 42.7 Å². The molecule has 3 unspecified atom stereocenters. The third-order valence-corrected chi connectivity index (χ3v) is 7.69. The first-order valence-corrected chi connectivity index (χ1v) is 14.0. The van der Waals surface area contributed by atoms with Crippen molar-refractivity contribution < 1.29 is 14.7 Å². The average molecular weight is 554 g/mol. The number of aliphatic hydroxyl groups excluding tert-OH is 1. The van der Waals surface area contributed by atoms with Gasteiger partial charge in [-0.1, -0.05) is 63.8 Å². The smallest absolute Gasteiger partial charge is 0.247 e. The van der Waals surface area contributed by atoms with Gasteiger partial charge in [0.2, 0.25) is 5.91 Å². The lowest BCUT2D eigenvalue weighted by Crippen LogP contribution is -2.44. The number of rotatable bonds is 6. The Morgan fingerprint density at radius 1 is 1.28 bits per heavy atom. The standard InChI is InChI=1S/C24H32ClN3O.C6H8N2O2/c1-24(2,3)18-12-13-21(20(25)15-18)28(4)22(17-9-8-14-26-16-17)23(29)27-19-10-6-5-7-11-19;7-4-8-2-6(10)1-5(8)3-9/h8-9,12-16,19,22H,5-7,10-11H2,1-4H3,(H,27,29);3,5-6,10H,1-2H2. The fourth-order valence-electron chi connectivity index (χ4n) is 5.10. The molecule has 8 nitrogen and oxygen atoms in total. The number of halogens is 1. The number of nitrogens with zero attached hydrogens (tertiary/aromatic N) is 4. The summed E-state index contributed by atoms with van der Waals surface area (Å²) in [5.41, 5.74) is 2.89. The summed E-state index contributed by atoms with van der Waals surface area (Å²) < 4.78 is 0. The number of aliphatic hydroxyl groups is 1. The average Bonchev–Trinajstić information content (AvgIpc) is 3.29. The van der Waals surface area contributed by atoms with Crippen LogP contribution in [0.2, 0.25) is 5.02 Å². The molecule has 210 valence electrons. The summed E-state index contributed by atoms with van der Waals surface area (Å²) in [6.45, 7) is 6.79. The first-order chi connectivity index (χ1) is 18.5. The Morgan fingerprint density at radius 2 is 2.00 bits per heavy atom. The van der Waals surface area contributed by atoms with Crippen LogP contribution in [-0.2, 0) is 15.0 Å². The maximum atomic E-state index is 13.3. The van der Waals surface area contributed by atoms with Gasteiger partial charge in [-0.15, -0.1) is 0 Å². The number of likely N-dealkylation sites (N-methyl/N-ethyl adjacent to an activating group) is 1. The number of β-amino-alcohol motifs (C(OH)–C–C–N with tert-alkyl or cyclic N) is 1. The van der Waals surface area contributed by atoms with Crippen molar-refractivity contribution in [1.82, 2.24) is 15.2 Å². The second-order valence-corrected chi connectivity index (χ2v) is 11.8. The molecular formula is C30H40ClN5O3. The van der Waals surface area contributed by atoms with E-state index in [0.29, 0.717) is 24.3 Å². The number of hydrogen-bond acceptors (Lipinski definition) is 7. The maximum absolute atomic E-state index is 13.3. The predicted molar refractivity (Wildman–Crippen MR) is 153 cm³/mol. The molecule has 1 saturated carbocycles. The van der Waals surface area contributed by atoms with Crippen molar-refractivity contribution in [3.8, 4) is 6.19 Å². The van der Waals surface area contributed by atoms with E-state index in [0.717, 1.165) is 24.1 Å². The topological polar surface area (TPSA) is 110 Å². The number of hydrogen-bond donors (Lipinski definition) is 2. The molecule has 4 rings (SSSR count). The van der Waals surface area contributed by atoms with E-state index in [1.807, 2.05) is 42.4 Å². The minimum Gasteiger partial charge on any atom is -0.391 e. The number of aromatic nitrogens is 1. The van der Waals surface area contributed by atoms with Crippen LogP contribution in [0.5, 0.6) is 0 Å². The molecule has 0 radical (unpaired) electrons. The van der Waals surface area contributed by atoms with E-state index in [4.69, 9.17) is 22.0 Å². The summed E-state index contributed by atoms with van der Waals surface area (Å²) in [6.07, 6.45) is 11.6. The van der Waals surface area contributed by atoms with Crippen LogP contribution in [0.1, 0.15) is 76.5 Å². The molecule has 1 amide bonds. The molecule has 2 heterocycles. The van der Waals surface area contributed by atoms with E-state index < -0.39 is 18.2 Å². The molecule has 2 aromatic rings. The van der Waals surface area contributed by atoms with Gasteiger partial charge in [0.25, 0.3) is 0 Å². The number of amides is 1. The zero-order valence-electron chi connectivity index (χ0n) is 23.3. The van der Waals surface area contributed by atoms with Gasteiger partial charge in [-0.3, -0.25) is 14.7 Å². The monoisotopic (exact) mass is 553 g/mol. The summed E-state index contributed by atoms with van der Waals surface area (Å²) in [5.74, 6) is 0.00312. The van der Waals surface area contributed by atoms with Crippen LogP contribution in [0.4, 0.5) is 5.69 Å². The van der Waals surface area contributed by atoms with Crippen LogP contribution in [-0.4, -0.2) is 59.0 Å². The number of pyridine rings is 1. The molecule has 1 aromatic heterocycles. The molecule has 9 heteroatoms. The zero-order chi connectivity index (χ0) is 28.6. The number of likely N-dealkylation sites (tertiary alicyclic amines) is 1. The Bertz CT molecular complexity index is 1140. The predicted octanol–water partition coefficient (Wildman–Crippen LogP) is 4.76. The highest BCUT2D eigenvalue weighted by atomic mass is 35.5. The second-order valence-electron chi connectivity index (χ2n) is 11.4. The van der Waals surface area contributed by atoms with Crippen molar-refractivity contribution >= 4 is 29.5 Å². The lowest BCUT2D eigenvalue weighted by Gasteiger charge is -2.33. The van der Waals surface area contributed by atoms with Gasteiger partial charge in [0.1, 0.15) is 12.3 Å². The van der Waals surface area contributed by atoms with Gasteiger partial charge in [-0.05, 0) is 42.0 Å². The Labute approximate surface area is 237 Å². The van der Waals surface area contributed by atoms with Gasteiger partial charge in [0, 0.05) is 37.5 Å². The van der Waals surface area contributed by atoms with Crippen molar-refractivity contribution in [3.63, 3.8) is 0 Å². The third kappa shape index (κ3) is 8.17. The van der Waals surface area contributed by atoms with Gasteiger partial charge in [-0.2, -0.15) is 5.26 Å². The van der Waals surface area contributed by atoms with Crippen molar-refractivity contribution in [2.24, 2.45) is 0 Å². The quantitative estimate of drug-likeness (QED) is 0.392.